The summed E-state index contributed by atoms with van der Waals surface area (Å²) in [6.45, 7) is 3.46. The van der Waals surface area contributed by atoms with Crippen molar-refractivity contribution in [1.82, 2.24) is 0 Å². The molecule has 0 heterocycles. The minimum Gasteiger partial charge on any atom is -0.469 e. The van der Waals surface area contributed by atoms with Crippen molar-refractivity contribution in [3.05, 3.63) is 24.3 Å². The second-order valence-electron chi connectivity index (χ2n) is 3.46. The number of nitrogens with two attached hydrogens (primary N) is 1. The Hall–Kier alpha value is -1.71. The van der Waals surface area contributed by atoms with Crippen LogP contribution in [-0.2, 0) is 9.53 Å². The van der Waals surface area contributed by atoms with Gasteiger partial charge in [-0.1, -0.05) is 12.1 Å². The van der Waals surface area contributed by atoms with Crippen molar-refractivity contribution in [2.75, 3.05) is 30.8 Å². The van der Waals surface area contributed by atoms with Gasteiger partial charge >= 0.3 is 5.97 Å². The summed E-state index contributed by atoms with van der Waals surface area (Å²) in [7, 11) is 1.40. The van der Waals surface area contributed by atoms with Crippen molar-refractivity contribution in [3.63, 3.8) is 0 Å². The highest BCUT2D eigenvalue weighted by Gasteiger charge is 2.09. The van der Waals surface area contributed by atoms with Crippen LogP contribution in [0.25, 0.3) is 0 Å². The van der Waals surface area contributed by atoms with Crippen molar-refractivity contribution >= 4 is 17.3 Å². The lowest BCUT2D eigenvalue weighted by Gasteiger charge is -2.23. The first-order valence-corrected chi connectivity index (χ1v) is 5.35. The Morgan fingerprint density at radius 1 is 1.44 bits per heavy atom. The summed E-state index contributed by atoms with van der Waals surface area (Å²) < 4.78 is 4.61. The van der Waals surface area contributed by atoms with E-state index in [1.54, 1.807) is 0 Å². The molecular weight excluding hydrogens is 204 g/mol. The third kappa shape index (κ3) is 3.15. The maximum Gasteiger partial charge on any atom is 0.307 e. The Labute approximate surface area is 96.0 Å². The fraction of sp³-hybridized carbons (Fsp3) is 0.417. The van der Waals surface area contributed by atoms with Gasteiger partial charge in [-0.05, 0) is 19.1 Å². The van der Waals surface area contributed by atoms with E-state index in [1.807, 2.05) is 31.2 Å². The number of hydrogen-bond acceptors (Lipinski definition) is 4. The number of nitrogen functional groups attached to an aromatic ring is 1. The van der Waals surface area contributed by atoms with Gasteiger partial charge in [0.05, 0.1) is 24.9 Å². The molecule has 0 aromatic heterocycles. The van der Waals surface area contributed by atoms with Crippen LogP contribution in [-0.4, -0.2) is 26.2 Å². The van der Waals surface area contributed by atoms with Crippen molar-refractivity contribution in [1.29, 1.82) is 0 Å². The fourth-order valence-electron chi connectivity index (χ4n) is 1.55. The molecule has 88 valence electrons. The van der Waals surface area contributed by atoms with Crippen LogP contribution >= 0.6 is 0 Å². The number of nitrogens with zero attached hydrogens (tertiary/aromatic N) is 1. The maximum atomic E-state index is 11.1. The second kappa shape index (κ2) is 6.00. The van der Waals surface area contributed by atoms with E-state index in [0.29, 0.717) is 13.0 Å². The number of carbonyl (C=O) groups is 1. The van der Waals surface area contributed by atoms with E-state index in [0.717, 1.165) is 17.9 Å². The quantitative estimate of drug-likeness (QED) is 0.608. The van der Waals surface area contributed by atoms with E-state index in [-0.39, 0.29) is 5.97 Å². The van der Waals surface area contributed by atoms with E-state index >= 15 is 0 Å². The smallest absolute Gasteiger partial charge is 0.307 e. The first-order chi connectivity index (χ1) is 7.69. The van der Waals surface area contributed by atoms with E-state index < -0.39 is 0 Å². The molecule has 0 unspecified atom stereocenters. The number of ether oxygens (including phenoxy) is 1. The number of carbonyl (C=O) groups excluding carboxylic acids is 1. The molecule has 1 aromatic rings. The highest BCUT2D eigenvalue weighted by atomic mass is 16.5. The van der Waals surface area contributed by atoms with Gasteiger partial charge in [0.15, 0.2) is 0 Å². The Balaban J connectivity index is 2.68. The molecule has 0 amide bonds. The number of rotatable bonds is 5. The minimum absolute atomic E-state index is 0.201. The Morgan fingerprint density at radius 3 is 2.69 bits per heavy atom. The minimum atomic E-state index is -0.201. The van der Waals surface area contributed by atoms with E-state index in [9.17, 15) is 4.79 Å². The van der Waals surface area contributed by atoms with Crippen molar-refractivity contribution in [3.8, 4) is 0 Å². The molecule has 0 aliphatic heterocycles. The van der Waals surface area contributed by atoms with Gasteiger partial charge in [0, 0.05) is 13.1 Å². The number of anilines is 2. The zero-order valence-corrected chi connectivity index (χ0v) is 9.77. The lowest BCUT2D eigenvalue weighted by molar-refractivity contribution is -0.140. The zero-order chi connectivity index (χ0) is 12.0. The zero-order valence-electron chi connectivity index (χ0n) is 9.77. The summed E-state index contributed by atoms with van der Waals surface area (Å²) >= 11 is 0. The van der Waals surface area contributed by atoms with Crippen molar-refractivity contribution in [2.45, 2.75) is 13.3 Å². The molecule has 0 fully saturated rings. The average Bonchev–Trinajstić information content (AvgIpc) is 2.31. The highest BCUT2D eigenvalue weighted by Crippen LogP contribution is 2.22. The van der Waals surface area contributed by atoms with Gasteiger partial charge in [-0.25, -0.2) is 0 Å². The van der Waals surface area contributed by atoms with Gasteiger partial charge in [0.1, 0.15) is 0 Å². The first kappa shape index (κ1) is 12.4. The molecule has 0 aliphatic rings. The third-order valence-electron chi connectivity index (χ3n) is 2.47. The normalized spacial score (nSPS) is 9.88. The Kier molecular flexibility index (Phi) is 4.64. The van der Waals surface area contributed by atoms with Crippen LogP contribution in [0.15, 0.2) is 24.3 Å². The highest BCUT2D eigenvalue weighted by molar-refractivity contribution is 5.71. The summed E-state index contributed by atoms with van der Waals surface area (Å²) in [5.41, 5.74) is 7.58. The topological polar surface area (TPSA) is 55.6 Å². The monoisotopic (exact) mass is 222 g/mol. The number of methoxy groups -OCH3 is 1. The summed E-state index contributed by atoms with van der Waals surface area (Å²) in [5, 5.41) is 0. The van der Waals surface area contributed by atoms with Gasteiger partial charge < -0.3 is 15.4 Å². The molecule has 0 radical (unpaired) electrons. The lowest BCUT2D eigenvalue weighted by atomic mass is 10.2. The first-order valence-electron chi connectivity index (χ1n) is 5.35. The third-order valence-corrected chi connectivity index (χ3v) is 2.47. The fourth-order valence-corrected chi connectivity index (χ4v) is 1.55. The summed E-state index contributed by atoms with van der Waals surface area (Å²) in [5.74, 6) is -0.201. The average molecular weight is 222 g/mol. The van der Waals surface area contributed by atoms with Gasteiger partial charge in [-0.2, -0.15) is 0 Å². The van der Waals surface area contributed by atoms with Crippen LogP contribution in [0.1, 0.15) is 13.3 Å². The summed E-state index contributed by atoms with van der Waals surface area (Å²) in [6.07, 6.45) is 0.374. The van der Waals surface area contributed by atoms with Crippen LogP contribution in [0.5, 0.6) is 0 Å². The van der Waals surface area contributed by atoms with E-state index in [1.165, 1.54) is 7.11 Å². The number of esters is 1. The predicted octanol–water partition coefficient (Wildman–Crippen LogP) is 1.66. The van der Waals surface area contributed by atoms with E-state index in [4.69, 9.17) is 5.73 Å². The van der Waals surface area contributed by atoms with Gasteiger partial charge in [0.2, 0.25) is 0 Å². The van der Waals surface area contributed by atoms with Crippen LogP contribution in [0.2, 0.25) is 0 Å². The van der Waals surface area contributed by atoms with Gasteiger partial charge in [-0.3, -0.25) is 4.79 Å². The summed E-state index contributed by atoms with van der Waals surface area (Å²) in [6, 6.07) is 7.64. The molecule has 0 bridgehead atoms. The molecular formula is C12H18N2O2. The predicted molar refractivity (Wildman–Crippen MR) is 65.4 cm³/mol. The Morgan fingerprint density at radius 2 is 2.12 bits per heavy atom. The standard InChI is InChI=1S/C12H18N2O2/c1-3-14(9-8-12(15)16-2)11-7-5-4-6-10(11)13/h4-7H,3,8-9,13H2,1-2H3. The summed E-state index contributed by atoms with van der Waals surface area (Å²) in [4.78, 5) is 13.1. The van der Waals surface area contributed by atoms with Crippen LogP contribution < -0.4 is 10.6 Å². The lowest BCUT2D eigenvalue weighted by Crippen LogP contribution is -2.26. The SMILES string of the molecule is CCN(CCC(=O)OC)c1ccccc1N. The van der Waals surface area contributed by atoms with Crippen LogP contribution in [0, 0.1) is 0 Å². The number of para-hydroxylation sites is 2. The molecule has 0 aliphatic carbocycles. The van der Waals surface area contributed by atoms with Gasteiger partial charge in [0.25, 0.3) is 0 Å². The number of benzene rings is 1. The molecule has 0 spiro atoms. The van der Waals surface area contributed by atoms with Crippen LogP contribution in [0.4, 0.5) is 11.4 Å². The molecule has 1 aromatic carbocycles. The molecule has 2 N–H and O–H groups in total. The molecule has 0 saturated heterocycles. The van der Waals surface area contributed by atoms with Crippen LogP contribution in [0.3, 0.4) is 0 Å². The molecule has 0 atom stereocenters. The Bertz CT molecular complexity index is 353. The maximum absolute atomic E-state index is 11.1. The molecule has 0 saturated carbocycles. The van der Waals surface area contributed by atoms with E-state index in [2.05, 4.69) is 9.64 Å². The largest absolute Gasteiger partial charge is 0.469 e. The van der Waals surface area contributed by atoms with Crippen molar-refractivity contribution in [2.24, 2.45) is 0 Å². The van der Waals surface area contributed by atoms with Gasteiger partial charge in [-0.15, -0.1) is 0 Å². The van der Waals surface area contributed by atoms with Crippen molar-refractivity contribution < 1.29 is 9.53 Å². The second-order valence-corrected chi connectivity index (χ2v) is 3.46. The molecule has 1 rings (SSSR count). The molecule has 4 heteroatoms. The number of hydrogen-bond donors (Lipinski definition) is 1. The molecule has 16 heavy (non-hydrogen) atoms. The molecule has 4 nitrogen and oxygen atoms in total.